The number of rotatable bonds is 8. The Morgan fingerprint density at radius 2 is 1.91 bits per heavy atom. The van der Waals surface area contributed by atoms with Crippen LogP contribution in [0.2, 0.25) is 0 Å². The molecule has 0 saturated heterocycles. The summed E-state index contributed by atoms with van der Waals surface area (Å²) < 4.78 is 1.62. The van der Waals surface area contributed by atoms with E-state index in [-0.39, 0.29) is 29.4 Å². The van der Waals surface area contributed by atoms with E-state index in [4.69, 9.17) is 0 Å². The molecule has 1 aromatic carbocycles. The molecule has 4 atom stereocenters. The van der Waals surface area contributed by atoms with Gasteiger partial charge in [-0.15, -0.1) is 21.5 Å². The number of benzene rings is 1. The minimum Gasteiger partial charge on any atom is -0.481 e. The van der Waals surface area contributed by atoms with Gasteiger partial charge < -0.3 is 10.4 Å². The zero-order chi connectivity index (χ0) is 23.8. The molecule has 1 saturated carbocycles. The summed E-state index contributed by atoms with van der Waals surface area (Å²) in [4.78, 5) is 41.4. The van der Waals surface area contributed by atoms with Gasteiger partial charge in [0.25, 0.3) is 0 Å². The van der Waals surface area contributed by atoms with Crippen molar-refractivity contribution in [3.05, 3.63) is 35.4 Å². The summed E-state index contributed by atoms with van der Waals surface area (Å²) >= 11 is 4.12. The third-order valence-corrected chi connectivity index (χ3v) is 9.17. The first-order valence-electron chi connectivity index (χ1n) is 10.8. The fourth-order valence-electron chi connectivity index (χ4n) is 4.51. The van der Waals surface area contributed by atoms with Gasteiger partial charge in [-0.05, 0) is 42.9 Å². The van der Waals surface area contributed by atoms with E-state index in [2.05, 4.69) is 25.8 Å². The molecule has 12 heteroatoms. The number of thioether (sulfide) groups is 1. The Balaban J connectivity index is 1.21. The number of anilines is 2. The maximum atomic E-state index is 12.9. The second-order valence-electron chi connectivity index (χ2n) is 8.18. The van der Waals surface area contributed by atoms with Gasteiger partial charge in [-0.2, -0.15) is 0 Å². The number of nitrogens with zero attached hydrogens (tertiary/aromatic N) is 3. The highest BCUT2D eigenvalue weighted by Gasteiger charge is 2.51. The lowest BCUT2D eigenvalue weighted by Gasteiger charge is -2.23. The molecule has 3 aromatic rings. The molecule has 5 rings (SSSR count). The van der Waals surface area contributed by atoms with Crippen molar-refractivity contribution in [2.75, 3.05) is 16.4 Å². The molecule has 0 unspecified atom stereocenters. The molecule has 0 radical (unpaired) electrons. The van der Waals surface area contributed by atoms with Crippen LogP contribution in [0.1, 0.15) is 18.4 Å². The second-order valence-corrected chi connectivity index (χ2v) is 11.5. The Labute approximate surface area is 207 Å². The van der Waals surface area contributed by atoms with Crippen LogP contribution in [0.25, 0.3) is 10.2 Å². The number of fused-ring (bicyclic) bond motifs is 3. The number of aryl methyl sites for hydroxylation is 1. The number of hydrogen-bond donors (Lipinski definition) is 3. The van der Waals surface area contributed by atoms with E-state index >= 15 is 0 Å². The number of aliphatic carboxylic acids is 1. The molecule has 2 aliphatic rings. The van der Waals surface area contributed by atoms with Gasteiger partial charge in [-0.1, -0.05) is 42.2 Å². The number of allylic oxidation sites excluding steroid dienone is 2. The van der Waals surface area contributed by atoms with Crippen molar-refractivity contribution in [3.8, 4) is 0 Å². The fraction of sp³-hybridized carbons (Fsp3) is 0.364. The van der Waals surface area contributed by atoms with Crippen LogP contribution in [0.15, 0.2) is 34.7 Å². The molecule has 9 nitrogen and oxygen atoms in total. The van der Waals surface area contributed by atoms with E-state index in [9.17, 15) is 19.5 Å². The lowest BCUT2D eigenvalue weighted by atomic mass is 9.82. The third-order valence-electron chi connectivity index (χ3n) is 6.03. The van der Waals surface area contributed by atoms with Crippen LogP contribution in [0.3, 0.4) is 0 Å². The van der Waals surface area contributed by atoms with Crippen LogP contribution < -0.4 is 10.6 Å². The Bertz CT molecular complexity index is 1300. The minimum atomic E-state index is -0.919. The molecule has 0 aliphatic heterocycles. The molecule has 2 aliphatic carbocycles. The predicted octanol–water partition coefficient (Wildman–Crippen LogP) is 3.90. The molecule has 2 heterocycles. The number of thiazole rings is 1. The number of carbonyl (C=O) groups is 3. The molecule has 176 valence electrons. The number of carbonyl (C=O) groups excluding carboxylic acids is 2. The highest BCUT2D eigenvalue weighted by molar-refractivity contribution is 8.01. The van der Waals surface area contributed by atoms with Gasteiger partial charge in [-0.25, -0.2) is 4.98 Å². The summed E-state index contributed by atoms with van der Waals surface area (Å²) in [5.41, 5.74) is 1.38. The first-order valence-corrected chi connectivity index (χ1v) is 13.4. The summed E-state index contributed by atoms with van der Waals surface area (Å²) in [6.45, 7) is 1.98. The smallest absolute Gasteiger partial charge is 0.307 e. The van der Waals surface area contributed by atoms with Crippen molar-refractivity contribution >= 4 is 73.3 Å². The predicted molar refractivity (Wildman–Crippen MR) is 132 cm³/mol. The van der Waals surface area contributed by atoms with Crippen molar-refractivity contribution in [3.63, 3.8) is 0 Å². The highest BCUT2D eigenvalue weighted by atomic mass is 32.2. The summed E-state index contributed by atoms with van der Waals surface area (Å²) in [7, 11) is 0. The van der Waals surface area contributed by atoms with Gasteiger partial charge in [0.05, 0.1) is 27.8 Å². The topological polar surface area (TPSA) is 134 Å². The number of hydrogen-bond acceptors (Lipinski definition) is 9. The first kappa shape index (κ1) is 22.9. The molecular weight excluding hydrogens is 494 g/mol. The Morgan fingerprint density at radius 1 is 1.12 bits per heavy atom. The van der Waals surface area contributed by atoms with E-state index in [1.807, 2.05) is 31.2 Å². The number of carboxylic acid groups (broad SMARTS) is 1. The number of carboxylic acids is 1. The lowest BCUT2D eigenvalue weighted by Crippen LogP contribution is -2.36. The Morgan fingerprint density at radius 3 is 2.65 bits per heavy atom. The summed E-state index contributed by atoms with van der Waals surface area (Å²) in [5.74, 6) is -2.50. The molecule has 3 N–H and O–H groups in total. The van der Waals surface area contributed by atoms with Gasteiger partial charge in [0.1, 0.15) is 5.01 Å². The van der Waals surface area contributed by atoms with Crippen LogP contribution >= 0.6 is 34.4 Å². The molecule has 0 spiro atoms. The SMILES string of the molecule is CCc1nnc(NC(=O)CSc2nc3ccc(NC(=O)[C@@H]4[C@@H](C(=O)O)[C@H]5C=C[C@H]4C5)cc3s2)s1. The summed E-state index contributed by atoms with van der Waals surface area (Å²) in [6, 6.07) is 5.41. The van der Waals surface area contributed by atoms with Gasteiger partial charge in [0.15, 0.2) is 4.34 Å². The summed E-state index contributed by atoms with van der Waals surface area (Å²) in [5, 5.41) is 24.5. The van der Waals surface area contributed by atoms with Crippen LogP contribution in [-0.2, 0) is 20.8 Å². The molecular formula is C22H21N5O4S3. The van der Waals surface area contributed by atoms with E-state index in [1.54, 1.807) is 6.07 Å². The van der Waals surface area contributed by atoms with Gasteiger partial charge >= 0.3 is 5.97 Å². The molecule has 34 heavy (non-hydrogen) atoms. The zero-order valence-corrected chi connectivity index (χ0v) is 20.5. The average Bonchev–Trinajstić information content (AvgIpc) is 3.59. The monoisotopic (exact) mass is 515 g/mol. The largest absolute Gasteiger partial charge is 0.481 e. The maximum absolute atomic E-state index is 12.9. The summed E-state index contributed by atoms with van der Waals surface area (Å²) in [6.07, 6.45) is 5.38. The van der Waals surface area contributed by atoms with Crippen molar-refractivity contribution < 1.29 is 19.5 Å². The van der Waals surface area contributed by atoms with Crippen LogP contribution in [0, 0.1) is 23.7 Å². The van der Waals surface area contributed by atoms with Gasteiger partial charge in [0.2, 0.25) is 16.9 Å². The standard InChI is InChI=1S/C22H21N5O4S3/c1-2-16-26-27-21(34-16)25-15(28)9-32-22-24-13-6-5-12(8-14(13)33-22)23-19(29)17-10-3-4-11(7-10)18(17)20(30)31/h3-6,8,10-11,17-18H,2,7,9H2,1H3,(H,23,29)(H,30,31)(H,25,27,28)/t10-,11-,17-,18-/m0/s1. The fourth-order valence-corrected chi connectivity index (χ4v) is 7.12. The van der Waals surface area contributed by atoms with Crippen molar-refractivity contribution in [2.24, 2.45) is 23.7 Å². The number of nitrogens with one attached hydrogen (secondary N) is 2. The Hall–Kier alpha value is -2.83. The number of amides is 2. The van der Waals surface area contributed by atoms with E-state index in [0.717, 1.165) is 32.4 Å². The van der Waals surface area contributed by atoms with Crippen molar-refractivity contribution in [1.29, 1.82) is 0 Å². The number of aromatic nitrogens is 3. The molecule has 2 aromatic heterocycles. The second kappa shape index (κ2) is 9.43. The third kappa shape index (κ3) is 4.57. The zero-order valence-electron chi connectivity index (χ0n) is 18.1. The molecule has 1 fully saturated rings. The Kier molecular flexibility index (Phi) is 6.36. The first-order chi connectivity index (χ1) is 16.4. The van der Waals surface area contributed by atoms with E-state index in [1.165, 1.54) is 34.4 Å². The van der Waals surface area contributed by atoms with Crippen molar-refractivity contribution in [1.82, 2.24) is 15.2 Å². The normalized spacial score (nSPS) is 22.9. The average molecular weight is 516 g/mol. The molecule has 2 bridgehead atoms. The van der Waals surface area contributed by atoms with Crippen LogP contribution in [-0.4, -0.2) is 43.8 Å². The highest BCUT2D eigenvalue weighted by Crippen LogP contribution is 2.48. The molecule has 2 amide bonds. The van der Waals surface area contributed by atoms with Crippen molar-refractivity contribution in [2.45, 2.75) is 24.1 Å². The van der Waals surface area contributed by atoms with Crippen LogP contribution in [0.5, 0.6) is 0 Å². The van der Waals surface area contributed by atoms with E-state index < -0.39 is 17.8 Å². The van der Waals surface area contributed by atoms with E-state index in [0.29, 0.717) is 10.8 Å². The van der Waals surface area contributed by atoms with Gasteiger partial charge in [-0.3, -0.25) is 19.7 Å². The lowest BCUT2D eigenvalue weighted by molar-refractivity contribution is -0.146. The minimum absolute atomic E-state index is 0.0268. The quantitative estimate of drug-likeness (QED) is 0.304. The van der Waals surface area contributed by atoms with Gasteiger partial charge in [0, 0.05) is 5.69 Å². The maximum Gasteiger partial charge on any atom is 0.307 e. The van der Waals surface area contributed by atoms with Crippen LogP contribution in [0.4, 0.5) is 10.8 Å².